The van der Waals surface area contributed by atoms with E-state index in [1.54, 1.807) is 11.3 Å². The van der Waals surface area contributed by atoms with Gasteiger partial charge in [-0.1, -0.05) is 97.1 Å². The van der Waals surface area contributed by atoms with E-state index in [9.17, 15) is 0 Å². The van der Waals surface area contributed by atoms with E-state index in [1.165, 1.54) is 10.1 Å². The molecule has 4 heterocycles. The molecule has 9 aromatic rings. The first-order chi connectivity index (χ1) is 21.3. The van der Waals surface area contributed by atoms with Crippen LogP contribution in [0.25, 0.3) is 82.0 Å². The minimum absolute atomic E-state index is 0.691. The molecule has 0 N–H and O–H groups in total. The number of hydrogen-bond acceptors (Lipinski definition) is 4. The molecule has 0 radical (unpaired) electrons. The Balaban J connectivity index is 1.28. The third kappa shape index (κ3) is 3.83. The maximum Gasteiger partial charge on any atom is 0.214 e. The summed E-state index contributed by atoms with van der Waals surface area (Å²) in [7, 11) is 0. The lowest BCUT2D eigenvalue weighted by atomic mass is 10.1. The minimum Gasteiger partial charge on any atom is -0.438 e. The van der Waals surface area contributed by atoms with Gasteiger partial charge in [0.1, 0.15) is 0 Å². The van der Waals surface area contributed by atoms with Crippen LogP contribution >= 0.6 is 11.3 Å². The number of benzene rings is 5. The summed E-state index contributed by atoms with van der Waals surface area (Å²) in [6.07, 6.45) is 0. The van der Waals surface area contributed by atoms with Crippen LogP contribution in [0, 0.1) is 0 Å². The Morgan fingerprint density at radius 1 is 0.558 bits per heavy atom. The number of para-hydroxylation sites is 2. The molecule has 43 heavy (non-hydrogen) atoms. The molecule has 0 amide bonds. The van der Waals surface area contributed by atoms with Crippen molar-refractivity contribution >= 4 is 53.7 Å². The van der Waals surface area contributed by atoms with Crippen LogP contribution in [0.5, 0.6) is 0 Å². The molecule has 0 fully saturated rings. The normalized spacial score (nSPS) is 11.7. The van der Waals surface area contributed by atoms with Gasteiger partial charge in [0.25, 0.3) is 0 Å². The molecule has 5 heteroatoms. The SMILES string of the molecule is c1ccc(-c2cc(-c3ccccc3)nc(-c3ccc4sc5c(oc6c5c5ccccc5n6-c5ccccc5)c4c3)n2)cc1. The van der Waals surface area contributed by atoms with Crippen molar-refractivity contribution in [3.05, 3.63) is 140 Å². The van der Waals surface area contributed by atoms with Crippen molar-refractivity contribution in [2.75, 3.05) is 0 Å². The summed E-state index contributed by atoms with van der Waals surface area (Å²) in [6.45, 7) is 0. The lowest BCUT2D eigenvalue weighted by Crippen LogP contribution is -1.95. The second kappa shape index (κ2) is 9.51. The molecule has 0 atom stereocenters. The summed E-state index contributed by atoms with van der Waals surface area (Å²) in [6, 6.07) is 48.1. The second-order valence-corrected chi connectivity index (χ2v) is 11.7. The lowest BCUT2D eigenvalue weighted by molar-refractivity contribution is 0.649. The van der Waals surface area contributed by atoms with Gasteiger partial charge < -0.3 is 4.42 Å². The highest BCUT2D eigenvalue weighted by Gasteiger charge is 2.23. The average molecular weight is 570 g/mol. The van der Waals surface area contributed by atoms with E-state index in [0.717, 1.165) is 66.1 Å². The van der Waals surface area contributed by atoms with Gasteiger partial charge in [-0.25, -0.2) is 9.97 Å². The van der Waals surface area contributed by atoms with Crippen LogP contribution in [0.4, 0.5) is 0 Å². The maximum atomic E-state index is 6.79. The molecule has 9 rings (SSSR count). The number of rotatable bonds is 4. The Labute approximate surface area is 251 Å². The van der Waals surface area contributed by atoms with Gasteiger partial charge in [-0.2, -0.15) is 0 Å². The highest BCUT2D eigenvalue weighted by Crippen LogP contribution is 2.46. The van der Waals surface area contributed by atoms with Crippen LogP contribution in [0.3, 0.4) is 0 Å². The monoisotopic (exact) mass is 569 g/mol. The Kier molecular flexibility index (Phi) is 5.33. The summed E-state index contributed by atoms with van der Waals surface area (Å²) in [5, 5.41) is 3.43. The maximum absolute atomic E-state index is 6.79. The first-order valence-electron chi connectivity index (χ1n) is 14.3. The molecule has 202 valence electrons. The van der Waals surface area contributed by atoms with E-state index >= 15 is 0 Å². The van der Waals surface area contributed by atoms with Gasteiger partial charge in [0.2, 0.25) is 5.71 Å². The number of furan rings is 1. The zero-order valence-corrected chi connectivity index (χ0v) is 23.8. The molecule has 0 aliphatic carbocycles. The van der Waals surface area contributed by atoms with Crippen LogP contribution in [0.1, 0.15) is 0 Å². The van der Waals surface area contributed by atoms with E-state index in [4.69, 9.17) is 14.4 Å². The van der Waals surface area contributed by atoms with Crippen LogP contribution in [-0.4, -0.2) is 14.5 Å². The molecule has 0 aliphatic rings. The molecule has 4 nitrogen and oxygen atoms in total. The predicted octanol–water partition coefficient (Wildman–Crippen LogP) is 10.5. The molecular formula is C38H23N3OS. The van der Waals surface area contributed by atoms with Crippen LogP contribution < -0.4 is 0 Å². The summed E-state index contributed by atoms with van der Waals surface area (Å²) >= 11 is 1.78. The quantitative estimate of drug-likeness (QED) is 0.212. The molecule has 0 aliphatic heterocycles. The van der Waals surface area contributed by atoms with Gasteiger partial charge in [0.05, 0.1) is 27.0 Å². The third-order valence-corrected chi connectivity index (χ3v) is 9.21. The van der Waals surface area contributed by atoms with Crippen molar-refractivity contribution in [3.8, 4) is 39.6 Å². The van der Waals surface area contributed by atoms with Gasteiger partial charge in [-0.15, -0.1) is 11.3 Å². The van der Waals surface area contributed by atoms with Crippen LogP contribution in [0.2, 0.25) is 0 Å². The molecule has 0 saturated carbocycles. The largest absolute Gasteiger partial charge is 0.438 e. The zero-order chi connectivity index (χ0) is 28.3. The summed E-state index contributed by atoms with van der Waals surface area (Å²) in [5.74, 6) is 0.691. The molecule has 0 saturated heterocycles. The van der Waals surface area contributed by atoms with E-state index in [2.05, 4.69) is 102 Å². The summed E-state index contributed by atoms with van der Waals surface area (Å²) < 4.78 is 11.4. The predicted molar refractivity (Wildman–Crippen MR) is 178 cm³/mol. The molecular weight excluding hydrogens is 547 g/mol. The van der Waals surface area contributed by atoms with Gasteiger partial charge in [0.15, 0.2) is 11.4 Å². The van der Waals surface area contributed by atoms with Crippen molar-refractivity contribution in [2.24, 2.45) is 0 Å². The minimum atomic E-state index is 0.691. The molecule has 0 bridgehead atoms. The van der Waals surface area contributed by atoms with Crippen LogP contribution in [-0.2, 0) is 0 Å². The van der Waals surface area contributed by atoms with Gasteiger partial charge in [0, 0.05) is 37.9 Å². The van der Waals surface area contributed by atoms with E-state index in [1.807, 2.05) is 42.5 Å². The van der Waals surface area contributed by atoms with Crippen molar-refractivity contribution in [3.63, 3.8) is 0 Å². The topological polar surface area (TPSA) is 43.9 Å². The summed E-state index contributed by atoms with van der Waals surface area (Å²) in [4.78, 5) is 10.1. The van der Waals surface area contributed by atoms with Crippen molar-refractivity contribution in [2.45, 2.75) is 0 Å². The standard InChI is InChI=1S/C38H23N3OS/c1-4-12-24(13-5-1)30-23-31(25-14-6-2-7-15-25)40-37(39-30)26-20-21-33-29(22-26)35-36(43-33)34-28-18-10-11-19-32(28)41(38(34)42-35)27-16-8-3-9-17-27/h1-23H. The van der Waals surface area contributed by atoms with Gasteiger partial charge in [-0.3, -0.25) is 4.57 Å². The lowest BCUT2D eigenvalue weighted by Gasteiger charge is -2.09. The summed E-state index contributed by atoms with van der Waals surface area (Å²) in [5.41, 5.74) is 8.87. The van der Waals surface area contributed by atoms with Gasteiger partial charge >= 0.3 is 0 Å². The number of fused-ring (bicyclic) bond motifs is 7. The Morgan fingerprint density at radius 3 is 1.88 bits per heavy atom. The number of aromatic nitrogens is 3. The molecule has 4 aromatic heterocycles. The fourth-order valence-electron chi connectivity index (χ4n) is 6.03. The van der Waals surface area contributed by atoms with Gasteiger partial charge in [-0.05, 0) is 42.5 Å². The number of nitrogens with zero attached hydrogens (tertiary/aromatic N) is 3. The Bertz CT molecular complexity index is 2380. The van der Waals surface area contributed by atoms with E-state index in [0.29, 0.717) is 5.82 Å². The third-order valence-electron chi connectivity index (χ3n) is 8.04. The fourth-order valence-corrected chi connectivity index (χ4v) is 7.19. The highest BCUT2D eigenvalue weighted by molar-refractivity contribution is 7.26. The smallest absolute Gasteiger partial charge is 0.214 e. The molecule has 0 spiro atoms. The van der Waals surface area contributed by atoms with Crippen molar-refractivity contribution in [1.29, 1.82) is 0 Å². The van der Waals surface area contributed by atoms with E-state index in [-0.39, 0.29) is 0 Å². The highest BCUT2D eigenvalue weighted by atomic mass is 32.1. The Morgan fingerprint density at radius 2 is 1.19 bits per heavy atom. The number of thiophene rings is 1. The van der Waals surface area contributed by atoms with Crippen molar-refractivity contribution in [1.82, 2.24) is 14.5 Å². The Hall–Kier alpha value is -5.52. The fraction of sp³-hybridized carbons (Fsp3) is 0. The second-order valence-electron chi connectivity index (χ2n) is 10.6. The first-order valence-corrected chi connectivity index (χ1v) is 15.1. The average Bonchev–Trinajstić information content (AvgIpc) is 3.72. The van der Waals surface area contributed by atoms with E-state index < -0.39 is 0 Å². The van der Waals surface area contributed by atoms with Crippen molar-refractivity contribution < 1.29 is 4.42 Å². The molecule has 5 aromatic carbocycles. The zero-order valence-electron chi connectivity index (χ0n) is 22.9. The number of hydrogen-bond donors (Lipinski definition) is 0. The first kappa shape index (κ1) is 24.1. The van der Waals surface area contributed by atoms with Crippen LogP contribution in [0.15, 0.2) is 144 Å². The molecule has 0 unspecified atom stereocenters.